The molecular formula is C7H4Cl2K2O4. The van der Waals surface area contributed by atoms with Crippen LogP contribution in [0.15, 0.2) is 18.2 Å². The van der Waals surface area contributed by atoms with Gasteiger partial charge in [-0.1, -0.05) is 23.2 Å². The molecule has 0 heterocycles. The first-order valence-corrected chi connectivity index (χ1v) is 3.71. The number of hydrogen-bond acceptors (Lipinski definition) is 4. The van der Waals surface area contributed by atoms with Gasteiger partial charge in [0.1, 0.15) is 5.75 Å². The van der Waals surface area contributed by atoms with E-state index in [2.05, 4.69) is 0 Å². The van der Waals surface area contributed by atoms with Gasteiger partial charge in [0.2, 0.25) is 0 Å². The molecule has 0 spiro atoms. The summed E-state index contributed by atoms with van der Waals surface area (Å²) in [4.78, 5) is 8.33. The van der Waals surface area contributed by atoms with E-state index >= 15 is 0 Å². The first kappa shape index (κ1) is 22.3. The normalized spacial score (nSPS) is 7.33. The van der Waals surface area contributed by atoms with Crippen LogP contribution in [-0.4, -0.2) is 11.3 Å². The average Bonchev–Trinajstić information content (AvgIpc) is 1.96. The van der Waals surface area contributed by atoms with Gasteiger partial charge in [0.15, 0.2) is 0 Å². The third-order valence-corrected chi connectivity index (χ3v) is 1.64. The van der Waals surface area contributed by atoms with Crippen molar-refractivity contribution in [2.45, 2.75) is 0 Å². The quantitative estimate of drug-likeness (QED) is 0.484. The predicted octanol–water partition coefficient (Wildman–Crippen LogP) is -5.74. The van der Waals surface area contributed by atoms with Gasteiger partial charge in [-0.3, -0.25) is 0 Å². The zero-order chi connectivity index (χ0) is 10.4. The largest absolute Gasteiger partial charge is 1.00 e. The number of phenolic OH excluding ortho intramolecular Hbond substituents is 1. The SMILES string of the molecule is O=C([O-])[O-].Oc1ccc(Cl)c(Cl)c1.[K+].[K+]. The molecule has 1 aromatic rings. The summed E-state index contributed by atoms with van der Waals surface area (Å²) in [6.07, 6.45) is -2.33. The Balaban J connectivity index is -0.000000213. The van der Waals surface area contributed by atoms with Crippen molar-refractivity contribution in [2.24, 2.45) is 0 Å². The van der Waals surface area contributed by atoms with Crippen LogP contribution in [0.2, 0.25) is 10.0 Å². The molecular weight excluding hydrogens is 297 g/mol. The van der Waals surface area contributed by atoms with Crippen LogP contribution in [0.25, 0.3) is 0 Å². The average molecular weight is 301 g/mol. The first-order valence-electron chi connectivity index (χ1n) is 2.95. The Hall–Kier alpha value is 2.14. The number of rotatable bonds is 0. The molecule has 0 amide bonds. The zero-order valence-corrected chi connectivity index (χ0v) is 15.9. The molecule has 0 aliphatic heterocycles. The van der Waals surface area contributed by atoms with E-state index < -0.39 is 6.16 Å². The smallest absolute Gasteiger partial charge is 0.652 e. The summed E-state index contributed by atoms with van der Waals surface area (Å²) in [7, 11) is 0. The molecule has 1 N–H and O–H groups in total. The number of carbonyl (C=O) groups excluding carboxylic acids is 1. The Kier molecular flexibility index (Phi) is 18.8. The molecule has 1 rings (SSSR count). The molecule has 0 unspecified atom stereocenters. The minimum absolute atomic E-state index is 0. The molecule has 0 radical (unpaired) electrons. The van der Waals surface area contributed by atoms with E-state index in [1.54, 1.807) is 6.07 Å². The molecule has 4 nitrogen and oxygen atoms in total. The van der Waals surface area contributed by atoms with Crippen LogP contribution in [0.1, 0.15) is 0 Å². The number of hydrogen-bond donors (Lipinski definition) is 1. The van der Waals surface area contributed by atoms with Crippen LogP contribution < -0.4 is 113 Å². The molecule has 8 heteroatoms. The second-order valence-electron chi connectivity index (χ2n) is 1.85. The van der Waals surface area contributed by atoms with Crippen molar-refractivity contribution >= 4 is 29.4 Å². The van der Waals surface area contributed by atoms with E-state index in [9.17, 15) is 0 Å². The topological polar surface area (TPSA) is 83.4 Å². The summed E-state index contributed by atoms with van der Waals surface area (Å²) in [5.74, 6) is 0.129. The van der Waals surface area contributed by atoms with Crippen LogP contribution >= 0.6 is 23.2 Å². The fourth-order valence-electron chi connectivity index (χ4n) is 0.485. The first-order chi connectivity index (χ1) is 5.93. The monoisotopic (exact) mass is 300 g/mol. The molecule has 1 aromatic carbocycles. The summed E-state index contributed by atoms with van der Waals surface area (Å²) < 4.78 is 0. The van der Waals surface area contributed by atoms with Gasteiger partial charge in [0.25, 0.3) is 0 Å². The van der Waals surface area contributed by atoms with Gasteiger partial charge < -0.3 is 20.1 Å². The second kappa shape index (κ2) is 12.6. The van der Waals surface area contributed by atoms with E-state index in [0.29, 0.717) is 10.0 Å². The van der Waals surface area contributed by atoms with Crippen molar-refractivity contribution in [1.82, 2.24) is 0 Å². The third kappa shape index (κ3) is 14.1. The Morgan fingerprint density at radius 2 is 1.53 bits per heavy atom. The maximum atomic E-state index is 8.79. The molecule has 0 aromatic heterocycles. The van der Waals surface area contributed by atoms with Crippen LogP contribution in [0.5, 0.6) is 5.75 Å². The van der Waals surface area contributed by atoms with Crippen LogP contribution in [0, 0.1) is 0 Å². The molecule has 0 saturated carbocycles. The summed E-state index contributed by atoms with van der Waals surface area (Å²) in [6, 6.07) is 4.41. The van der Waals surface area contributed by atoms with Gasteiger partial charge in [-0.05, 0) is 24.4 Å². The van der Waals surface area contributed by atoms with Gasteiger partial charge in [0, 0.05) is 0 Å². The number of carbonyl (C=O) groups is 1. The Morgan fingerprint density at radius 3 is 1.80 bits per heavy atom. The summed E-state index contributed by atoms with van der Waals surface area (Å²) >= 11 is 11.1. The Labute approximate surface area is 182 Å². The van der Waals surface area contributed by atoms with Crippen molar-refractivity contribution in [2.75, 3.05) is 0 Å². The molecule has 72 valence electrons. The molecule has 0 saturated heterocycles. The summed E-state index contributed by atoms with van der Waals surface area (Å²) in [5, 5.41) is 26.3. The Morgan fingerprint density at radius 1 is 1.13 bits per heavy atom. The Bertz CT molecular complexity index is 305. The van der Waals surface area contributed by atoms with Crippen molar-refractivity contribution in [1.29, 1.82) is 0 Å². The van der Waals surface area contributed by atoms with Gasteiger partial charge in [-0.25, -0.2) is 0 Å². The van der Waals surface area contributed by atoms with Crippen molar-refractivity contribution in [3.05, 3.63) is 28.2 Å². The molecule has 0 fully saturated rings. The number of phenols is 1. The van der Waals surface area contributed by atoms with Crippen molar-refractivity contribution < 1.29 is 123 Å². The van der Waals surface area contributed by atoms with Crippen LogP contribution in [0.3, 0.4) is 0 Å². The third-order valence-electron chi connectivity index (χ3n) is 0.903. The maximum Gasteiger partial charge on any atom is 1.00 e. The molecule has 15 heavy (non-hydrogen) atoms. The van der Waals surface area contributed by atoms with E-state index in [0.717, 1.165) is 0 Å². The molecule has 0 aliphatic rings. The standard InChI is InChI=1S/C6H4Cl2O.CH2O3.2K/c7-5-2-1-4(9)3-6(5)8;2-1(3)4;;/h1-3,9H;(H2,2,3,4);;/q;;2*+1/p-2. The fourth-order valence-corrected chi connectivity index (χ4v) is 0.777. The van der Waals surface area contributed by atoms with Gasteiger partial charge in [0.05, 0.1) is 10.0 Å². The predicted molar refractivity (Wildman–Crippen MR) is 43.5 cm³/mol. The number of carboxylic acid groups (broad SMARTS) is 2. The zero-order valence-electron chi connectivity index (χ0n) is 8.16. The molecule has 0 atom stereocenters. The van der Waals surface area contributed by atoms with E-state index in [-0.39, 0.29) is 109 Å². The number of aromatic hydroxyl groups is 1. The van der Waals surface area contributed by atoms with Crippen molar-refractivity contribution in [3.63, 3.8) is 0 Å². The minimum Gasteiger partial charge on any atom is -0.652 e. The minimum atomic E-state index is -2.33. The molecule has 0 bridgehead atoms. The summed E-state index contributed by atoms with van der Waals surface area (Å²) in [5.41, 5.74) is 0. The maximum absolute atomic E-state index is 8.79. The molecule has 0 aliphatic carbocycles. The van der Waals surface area contributed by atoms with E-state index in [4.69, 9.17) is 43.3 Å². The summed E-state index contributed by atoms with van der Waals surface area (Å²) in [6.45, 7) is 0. The van der Waals surface area contributed by atoms with E-state index in [1.165, 1.54) is 12.1 Å². The second-order valence-corrected chi connectivity index (χ2v) is 2.66. The van der Waals surface area contributed by atoms with Gasteiger partial charge in [-0.15, -0.1) is 0 Å². The number of halogens is 2. The van der Waals surface area contributed by atoms with E-state index in [1.807, 2.05) is 0 Å². The fraction of sp³-hybridized carbons (Fsp3) is 0. The van der Waals surface area contributed by atoms with Gasteiger partial charge in [-0.2, -0.15) is 0 Å². The van der Waals surface area contributed by atoms with Crippen LogP contribution in [-0.2, 0) is 0 Å². The van der Waals surface area contributed by atoms with Crippen LogP contribution in [0.4, 0.5) is 4.79 Å². The van der Waals surface area contributed by atoms with Gasteiger partial charge >= 0.3 is 103 Å². The van der Waals surface area contributed by atoms with Crippen molar-refractivity contribution in [3.8, 4) is 5.75 Å². The number of benzene rings is 1.